The lowest BCUT2D eigenvalue weighted by Crippen LogP contribution is -2.28. The first-order valence-corrected chi connectivity index (χ1v) is 7.99. The van der Waals surface area contributed by atoms with Gasteiger partial charge in [0.05, 0.1) is 17.3 Å². The second-order valence-electron chi connectivity index (χ2n) is 5.78. The maximum Gasteiger partial charge on any atom is 0.229 e. The Kier molecular flexibility index (Phi) is 4.49. The van der Waals surface area contributed by atoms with Crippen LogP contribution < -0.4 is 10.2 Å². The summed E-state index contributed by atoms with van der Waals surface area (Å²) in [7, 11) is 0. The third-order valence-corrected chi connectivity index (χ3v) is 4.17. The zero-order chi connectivity index (χ0) is 17.3. The first-order chi connectivity index (χ1) is 11.4. The molecule has 2 heterocycles. The minimum atomic E-state index is -0.0981. The number of Topliss-reactive ketones (excluding diaryl/α,β-unsaturated/α-hetero) is 1. The summed E-state index contributed by atoms with van der Waals surface area (Å²) in [5.74, 6) is 0.373. The fourth-order valence-corrected chi connectivity index (χ4v) is 2.95. The van der Waals surface area contributed by atoms with Crippen molar-refractivity contribution in [1.82, 2.24) is 9.97 Å². The smallest absolute Gasteiger partial charge is 0.229 e. The molecular formula is C17H17ClN4O2. The first kappa shape index (κ1) is 16.4. The largest absolute Gasteiger partial charge is 0.349 e. The van der Waals surface area contributed by atoms with E-state index < -0.39 is 0 Å². The Morgan fingerprint density at radius 3 is 2.88 bits per heavy atom. The Balaban J connectivity index is 1.72. The average molecular weight is 345 g/mol. The van der Waals surface area contributed by atoms with Crippen molar-refractivity contribution >= 4 is 34.9 Å². The molecule has 1 aliphatic heterocycles. The zero-order valence-electron chi connectivity index (χ0n) is 13.4. The molecule has 3 rings (SSSR count). The number of nitrogens with zero attached hydrogens (tertiary/aromatic N) is 3. The molecule has 1 aromatic carbocycles. The molecule has 1 aliphatic rings. The fraction of sp³-hybridized carbons (Fsp3) is 0.294. The quantitative estimate of drug-likeness (QED) is 0.863. The lowest BCUT2D eigenvalue weighted by Gasteiger charge is -2.17. The summed E-state index contributed by atoms with van der Waals surface area (Å²) < 4.78 is 0. The van der Waals surface area contributed by atoms with Crippen LogP contribution in [0.4, 0.5) is 11.6 Å². The van der Waals surface area contributed by atoms with Crippen LogP contribution in [-0.2, 0) is 4.79 Å². The number of anilines is 2. The molecule has 2 aromatic rings. The van der Waals surface area contributed by atoms with Crippen LogP contribution in [0.3, 0.4) is 0 Å². The van der Waals surface area contributed by atoms with Crippen LogP contribution >= 0.6 is 11.6 Å². The molecule has 0 saturated carbocycles. The molecule has 7 heteroatoms. The SMILES string of the molecule is CC(=O)c1cnc(N[C@@H]2CC(=O)N(c3cccc(Cl)c3)C2)nc1C. The van der Waals surface area contributed by atoms with Crippen molar-refractivity contribution in [1.29, 1.82) is 0 Å². The van der Waals surface area contributed by atoms with Gasteiger partial charge in [0.25, 0.3) is 0 Å². The Hall–Kier alpha value is -2.47. The number of nitrogens with one attached hydrogen (secondary N) is 1. The van der Waals surface area contributed by atoms with E-state index in [0.29, 0.717) is 35.2 Å². The second kappa shape index (κ2) is 6.57. The summed E-state index contributed by atoms with van der Waals surface area (Å²) in [6.45, 7) is 3.76. The molecule has 6 nitrogen and oxygen atoms in total. The lowest BCUT2D eigenvalue weighted by atomic mass is 10.2. The van der Waals surface area contributed by atoms with E-state index in [1.54, 1.807) is 24.0 Å². The average Bonchev–Trinajstić information content (AvgIpc) is 2.87. The predicted molar refractivity (Wildman–Crippen MR) is 92.6 cm³/mol. The molecule has 0 unspecified atom stereocenters. The molecule has 0 aliphatic carbocycles. The molecular weight excluding hydrogens is 328 g/mol. The maximum absolute atomic E-state index is 12.3. The van der Waals surface area contributed by atoms with E-state index >= 15 is 0 Å². The van der Waals surface area contributed by atoms with E-state index in [2.05, 4.69) is 15.3 Å². The summed E-state index contributed by atoms with van der Waals surface area (Å²) in [6, 6.07) is 7.12. The number of carbonyl (C=O) groups excluding carboxylic acids is 2. The number of hydrogen-bond acceptors (Lipinski definition) is 5. The van der Waals surface area contributed by atoms with Gasteiger partial charge in [0, 0.05) is 29.9 Å². The Bertz CT molecular complexity index is 809. The molecule has 1 aromatic heterocycles. The number of benzene rings is 1. The third-order valence-electron chi connectivity index (χ3n) is 3.94. The molecule has 0 bridgehead atoms. The highest BCUT2D eigenvalue weighted by atomic mass is 35.5. The number of aromatic nitrogens is 2. The minimum absolute atomic E-state index is 0.0202. The van der Waals surface area contributed by atoms with Gasteiger partial charge in [-0.15, -0.1) is 0 Å². The van der Waals surface area contributed by atoms with E-state index in [0.717, 1.165) is 5.69 Å². The van der Waals surface area contributed by atoms with Gasteiger partial charge in [0.15, 0.2) is 5.78 Å². The highest BCUT2D eigenvalue weighted by Gasteiger charge is 2.31. The zero-order valence-corrected chi connectivity index (χ0v) is 14.2. The number of amides is 1. The van der Waals surface area contributed by atoms with Gasteiger partial charge in [-0.25, -0.2) is 9.97 Å². The molecule has 1 saturated heterocycles. The van der Waals surface area contributed by atoms with Crippen molar-refractivity contribution in [3.05, 3.63) is 46.7 Å². The van der Waals surface area contributed by atoms with E-state index in [9.17, 15) is 9.59 Å². The van der Waals surface area contributed by atoms with Crippen LogP contribution in [0.15, 0.2) is 30.5 Å². The van der Waals surface area contributed by atoms with Crippen LogP contribution in [-0.4, -0.2) is 34.2 Å². The first-order valence-electron chi connectivity index (χ1n) is 7.61. The van der Waals surface area contributed by atoms with Gasteiger partial charge in [0.1, 0.15) is 0 Å². The molecule has 24 heavy (non-hydrogen) atoms. The standard InChI is InChI=1S/C17H17ClN4O2/c1-10-15(11(2)23)8-19-17(20-10)21-13-7-16(24)22(9-13)14-5-3-4-12(18)6-14/h3-6,8,13H,7,9H2,1-2H3,(H,19,20,21)/t13-/m1/s1. The maximum atomic E-state index is 12.3. The van der Waals surface area contributed by atoms with Crippen molar-refractivity contribution in [2.24, 2.45) is 0 Å². The third kappa shape index (κ3) is 3.38. The number of rotatable bonds is 4. The van der Waals surface area contributed by atoms with Gasteiger partial charge < -0.3 is 10.2 Å². The van der Waals surface area contributed by atoms with Gasteiger partial charge in [0.2, 0.25) is 11.9 Å². The van der Waals surface area contributed by atoms with Gasteiger partial charge in [-0.3, -0.25) is 9.59 Å². The van der Waals surface area contributed by atoms with Crippen molar-refractivity contribution in [2.75, 3.05) is 16.8 Å². The number of aryl methyl sites for hydroxylation is 1. The monoisotopic (exact) mass is 344 g/mol. The number of halogens is 1. The summed E-state index contributed by atoms with van der Waals surface area (Å²) in [4.78, 5) is 33.8. The Labute approximate surface area is 144 Å². The van der Waals surface area contributed by atoms with Crippen LogP contribution in [0.1, 0.15) is 29.4 Å². The van der Waals surface area contributed by atoms with E-state index in [1.807, 2.05) is 12.1 Å². The molecule has 124 valence electrons. The van der Waals surface area contributed by atoms with Crippen molar-refractivity contribution in [2.45, 2.75) is 26.3 Å². The van der Waals surface area contributed by atoms with Crippen molar-refractivity contribution in [3.63, 3.8) is 0 Å². The number of ketones is 1. The van der Waals surface area contributed by atoms with Crippen molar-refractivity contribution < 1.29 is 9.59 Å². The van der Waals surface area contributed by atoms with E-state index in [1.165, 1.54) is 13.1 Å². The van der Waals surface area contributed by atoms with E-state index in [-0.39, 0.29) is 17.7 Å². The molecule has 0 radical (unpaired) electrons. The van der Waals surface area contributed by atoms with E-state index in [4.69, 9.17) is 11.6 Å². The molecule has 1 fully saturated rings. The highest BCUT2D eigenvalue weighted by molar-refractivity contribution is 6.30. The van der Waals surface area contributed by atoms with Crippen molar-refractivity contribution in [3.8, 4) is 0 Å². The van der Waals surface area contributed by atoms with Gasteiger partial charge in [-0.2, -0.15) is 0 Å². The predicted octanol–water partition coefficient (Wildman–Crippen LogP) is 2.86. The highest BCUT2D eigenvalue weighted by Crippen LogP contribution is 2.25. The topological polar surface area (TPSA) is 75.2 Å². The van der Waals surface area contributed by atoms with Gasteiger partial charge in [-0.05, 0) is 32.0 Å². The van der Waals surface area contributed by atoms with Crippen LogP contribution in [0, 0.1) is 6.92 Å². The fourth-order valence-electron chi connectivity index (χ4n) is 2.76. The van der Waals surface area contributed by atoms with Gasteiger partial charge >= 0.3 is 0 Å². The summed E-state index contributed by atoms with van der Waals surface area (Å²) in [5.41, 5.74) is 1.90. The van der Waals surface area contributed by atoms with Crippen LogP contribution in [0.5, 0.6) is 0 Å². The summed E-state index contributed by atoms with van der Waals surface area (Å²) >= 11 is 5.99. The minimum Gasteiger partial charge on any atom is -0.349 e. The molecule has 1 atom stereocenters. The van der Waals surface area contributed by atoms with Crippen LogP contribution in [0.25, 0.3) is 0 Å². The molecule has 1 N–H and O–H groups in total. The summed E-state index contributed by atoms with van der Waals surface area (Å²) in [6.07, 6.45) is 1.86. The summed E-state index contributed by atoms with van der Waals surface area (Å²) in [5, 5.41) is 3.76. The normalized spacial score (nSPS) is 17.2. The number of hydrogen-bond donors (Lipinski definition) is 1. The number of carbonyl (C=O) groups is 2. The Morgan fingerprint density at radius 2 is 2.21 bits per heavy atom. The second-order valence-corrected chi connectivity index (χ2v) is 6.21. The molecule has 0 spiro atoms. The van der Waals surface area contributed by atoms with Gasteiger partial charge in [-0.1, -0.05) is 17.7 Å². The van der Waals surface area contributed by atoms with Crippen LogP contribution in [0.2, 0.25) is 5.02 Å². The molecule has 1 amide bonds. The Morgan fingerprint density at radius 1 is 1.42 bits per heavy atom. The lowest BCUT2D eigenvalue weighted by molar-refractivity contribution is -0.117.